The van der Waals surface area contributed by atoms with Gasteiger partial charge in [0.15, 0.2) is 0 Å². The summed E-state index contributed by atoms with van der Waals surface area (Å²) in [5, 5.41) is 6.13. The summed E-state index contributed by atoms with van der Waals surface area (Å²) in [6.07, 6.45) is 2.01. The molecule has 1 heterocycles. The second-order valence-electron chi connectivity index (χ2n) is 5.20. The van der Waals surface area contributed by atoms with Crippen LogP contribution in [0.3, 0.4) is 0 Å². The van der Waals surface area contributed by atoms with Crippen LogP contribution in [0, 0.1) is 0 Å². The predicted octanol–water partition coefficient (Wildman–Crippen LogP) is 0.128. The Labute approximate surface area is 121 Å². The lowest BCUT2D eigenvalue weighted by atomic mass is 10.1. The average molecular weight is 285 g/mol. The molecule has 1 fully saturated rings. The minimum atomic E-state index is -0.365. The first-order valence-corrected chi connectivity index (χ1v) is 7.49. The number of carbonyl (C=O) groups excluding carboxylic acids is 2. The monoisotopic (exact) mass is 285 g/mol. The molecule has 0 aromatic heterocycles. The van der Waals surface area contributed by atoms with E-state index in [0.29, 0.717) is 19.7 Å². The number of esters is 1. The summed E-state index contributed by atoms with van der Waals surface area (Å²) in [6.45, 7) is 8.50. The summed E-state index contributed by atoms with van der Waals surface area (Å²) >= 11 is 0. The Bertz CT molecular complexity index is 323. The molecule has 0 aliphatic carbocycles. The molecular weight excluding hydrogens is 258 g/mol. The zero-order valence-corrected chi connectivity index (χ0v) is 12.8. The molecule has 20 heavy (non-hydrogen) atoms. The molecule has 1 rings (SSSR count). The Morgan fingerprint density at radius 1 is 1.45 bits per heavy atom. The molecule has 2 atom stereocenters. The molecule has 0 aromatic carbocycles. The highest BCUT2D eigenvalue weighted by atomic mass is 16.5. The second-order valence-corrected chi connectivity index (χ2v) is 5.20. The van der Waals surface area contributed by atoms with Gasteiger partial charge in [-0.2, -0.15) is 0 Å². The van der Waals surface area contributed by atoms with Crippen LogP contribution in [0.5, 0.6) is 0 Å². The Kier molecular flexibility index (Phi) is 7.54. The maximum Gasteiger partial charge on any atom is 0.324 e. The lowest BCUT2D eigenvalue weighted by molar-refractivity contribution is -0.150. The molecule has 6 nitrogen and oxygen atoms in total. The topological polar surface area (TPSA) is 70.7 Å². The largest absolute Gasteiger partial charge is 0.465 e. The van der Waals surface area contributed by atoms with E-state index in [2.05, 4.69) is 17.6 Å². The first-order valence-electron chi connectivity index (χ1n) is 7.49. The molecule has 1 saturated heterocycles. The third-order valence-corrected chi connectivity index (χ3v) is 3.39. The van der Waals surface area contributed by atoms with Gasteiger partial charge in [0.25, 0.3) is 0 Å². The maximum absolute atomic E-state index is 12.0. The van der Waals surface area contributed by atoms with E-state index in [4.69, 9.17) is 4.74 Å². The van der Waals surface area contributed by atoms with E-state index < -0.39 is 0 Å². The molecule has 116 valence electrons. The number of amides is 1. The van der Waals surface area contributed by atoms with Crippen molar-refractivity contribution in [3.05, 3.63) is 0 Å². The normalized spacial score (nSPS) is 21.2. The zero-order chi connectivity index (χ0) is 15.0. The van der Waals surface area contributed by atoms with Gasteiger partial charge >= 0.3 is 5.97 Å². The van der Waals surface area contributed by atoms with Crippen molar-refractivity contribution >= 4 is 11.9 Å². The van der Waals surface area contributed by atoms with Crippen LogP contribution in [0.2, 0.25) is 0 Å². The second kappa shape index (κ2) is 8.92. The number of hydrogen-bond acceptors (Lipinski definition) is 5. The molecular formula is C14H27N3O3. The fraction of sp³-hybridized carbons (Fsp3) is 0.857. The number of nitrogens with zero attached hydrogens (tertiary/aromatic N) is 1. The van der Waals surface area contributed by atoms with Gasteiger partial charge in [-0.15, -0.1) is 0 Å². The summed E-state index contributed by atoms with van der Waals surface area (Å²) in [5.74, 6) is -0.281. The molecule has 0 spiro atoms. The molecule has 2 unspecified atom stereocenters. The lowest BCUT2D eigenvalue weighted by Gasteiger charge is -2.34. The molecule has 6 heteroatoms. The Balaban J connectivity index is 2.49. The van der Waals surface area contributed by atoms with Crippen molar-refractivity contribution in [2.45, 2.75) is 45.7 Å². The molecule has 0 bridgehead atoms. The van der Waals surface area contributed by atoms with Crippen molar-refractivity contribution in [3.63, 3.8) is 0 Å². The summed E-state index contributed by atoms with van der Waals surface area (Å²) in [7, 11) is 0. The standard InChI is InChI=1S/C14H27N3O3/c1-4-6-11(3)16-13(18)10-17-8-7-15-9-12(17)14(19)20-5-2/h11-12,15H,4-10H2,1-3H3,(H,16,18). The average Bonchev–Trinajstić information content (AvgIpc) is 2.39. The maximum atomic E-state index is 12.0. The Morgan fingerprint density at radius 3 is 2.85 bits per heavy atom. The molecule has 1 aliphatic heterocycles. The summed E-state index contributed by atoms with van der Waals surface area (Å²) < 4.78 is 5.06. The van der Waals surface area contributed by atoms with Gasteiger partial charge in [0.05, 0.1) is 13.2 Å². The number of carbonyl (C=O) groups is 2. The summed E-state index contributed by atoms with van der Waals surface area (Å²) in [5.41, 5.74) is 0. The number of piperazine rings is 1. The quantitative estimate of drug-likeness (QED) is 0.651. The van der Waals surface area contributed by atoms with Crippen LogP contribution in [0.15, 0.2) is 0 Å². The minimum Gasteiger partial charge on any atom is -0.465 e. The van der Waals surface area contributed by atoms with Crippen molar-refractivity contribution < 1.29 is 14.3 Å². The highest BCUT2D eigenvalue weighted by Crippen LogP contribution is 2.05. The van der Waals surface area contributed by atoms with Crippen molar-refractivity contribution in [1.29, 1.82) is 0 Å². The number of rotatable bonds is 7. The third-order valence-electron chi connectivity index (χ3n) is 3.39. The molecule has 2 N–H and O–H groups in total. The highest BCUT2D eigenvalue weighted by Gasteiger charge is 2.31. The summed E-state index contributed by atoms with van der Waals surface area (Å²) in [6, 6.07) is -0.188. The van der Waals surface area contributed by atoms with E-state index in [1.54, 1.807) is 6.92 Å². The van der Waals surface area contributed by atoms with Gasteiger partial charge in [0, 0.05) is 25.7 Å². The SMILES string of the molecule is CCCC(C)NC(=O)CN1CCNCC1C(=O)OCC. The number of hydrogen-bond donors (Lipinski definition) is 2. The molecule has 0 saturated carbocycles. The van der Waals surface area contributed by atoms with Crippen LogP contribution in [-0.2, 0) is 14.3 Å². The van der Waals surface area contributed by atoms with E-state index in [-0.39, 0.29) is 30.5 Å². The third kappa shape index (κ3) is 5.46. The van der Waals surface area contributed by atoms with E-state index in [0.717, 1.165) is 19.4 Å². The van der Waals surface area contributed by atoms with Crippen molar-refractivity contribution in [2.24, 2.45) is 0 Å². The van der Waals surface area contributed by atoms with E-state index in [1.165, 1.54) is 0 Å². The van der Waals surface area contributed by atoms with Gasteiger partial charge in [0.1, 0.15) is 6.04 Å². The fourth-order valence-corrected chi connectivity index (χ4v) is 2.42. The van der Waals surface area contributed by atoms with Crippen LogP contribution < -0.4 is 10.6 Å². The van der Waals surface area contributed by atoms with Crippen LogP contribution in [0.1, 0.15) is 33.6 Å². The number of ether oxygens (including phenoxy) is 1. The van der Waals surface area contributed by atoms with Crippen LogP contribution in [0.25, 0.3) is 0 Å². The van der Waals surface area contributed by atoms with Crippen LogP contribution in [-0.4, -0.2) is 61.6 Å². The molecule has 0 aromatic rings. The van der Waals surface area contributed by atoms with Gasteiger partial charge < -0.3 is 15.4 Å². The zero-order valence-electron chi connectivity index (χ0n) is 12.8. The van der Waals surface area contributed by atoms with Gasteiger partial charge in [-0.05, 0) is 20.3 Å². The van der Waals surface area contributed by atoms with E-state index >= 15 is 0 Å². The molecule has 1 aliphatic rings. The van der Waals surface area contributed by atoms with Crippen molar-refractivity contribution in [1.82, 2.24) is 15.5 Å². The summed E-state index contributed by atoms with van der Waals surface area (Å²) in [4.78, 5) is 25.8. The predicted molar refractivity (Wildman–Crippen MR) is 77.4 cm³/mol. The van der Waals surface area contributed by atoms with Crippen molar-refractivity contribution in [2.75, 3.05) is 32.8 Å². The fourth-order valence-electron chi connectivity index (χ4n) is 2.42. The van der Waals surface area contributed by atoms with Gasteiger partial charge in [-0.1, -0.05) is 13.3 Å². The highest BCUT2D eigenvalue weighted by molar-refractivity contribution is 5.81. The van der Waals surface area contributed by atoms with Crippen molar-refractivity contribution in [3.8, 4) is 0 Å². The lowest BCUT2D eigenvalue weighted by Crippen LogP contribution is -2.57. The van der Waals surface area contributed by atoms with E-state index in [1.807, 2.05) is 11.8 Å². The van der Waals surface area contributed by atoms with E-state index in [9.17, 15) is 9.59 Å². The van der Waals surface area contributed by atoms with Gasteiger partial charge in [-0.25, -0.2) is 0 Å². The first kappa shape index (κ1) is 16.9. The van der Waals surface area contributed by atoms with Crippen LogP contribution >= 0.6 is 0 Å². The van der Waals surface area contributed by atoms with Gasteiger partial charge in [-0.3, -0.25) is 14.5 Å². The Hall–Kier alpha value is -1.14. The minimum absolute atomic E-state index is 0.0258. The smallest absolute Gasteiger partial charge is 0.324 e. The molecule has 1 amide bonds. The van der Waals surface area contributed by atoms with Crippen LogP contribution in [0.4, 0.5) is 0 Å². The molecule has 0 radical (unpaired) electrons. The van der Waals surface area contributed by atoms with Gasteiger partial charge in [0.2, 0.25) is 5.91 Å². The first-order chi connectivity index (χ1) is 9.58. The Morgan fingerprint density at radius 2 is 2.20 bits per heavy atom. The number of nitrogens with one attached hydrogen (secondary N) is 2.